The average Bonchev–Trinajstić information content (AvgIpc) is 2.44. The van der Waals surface area contributed by atoms with Gasteiger partial charge in [-0.3, -0.25) is 4.79 Å². The van der Waals surface area contributed by atoms with Crippen LogP contribution in [0.5, 0.6) is 0 Å². The molecule has 1 rings (SSSR count). The zero-order valence-electron chi connectivity index (χ0n) is 13.1. The Morgan fingerprint density at radius 1 is 1.38 bits per heavy atom. The van der Waals surface area contributed by atoms with Crippen molar-refractivity contribution in [1.29, 1.82) is 0 Å². The number of carbonyl (C=O) groups is 2. The molecule has 6 heteroatoms. The molecule has 1 heterocycles. The van der Waals surface area contributed by atoms with Gasteiger partial charge in [-0.2, -0.15) is 0 Å². The maximum atomic E-state index is 12.2. The second kappa shape index (κ2) is 9.60. The van der Waals surface area contributed by atoms with Gasteiger partial charge in [-0.15, -0.1) is 0 Å². The number of nitrogens with zero attached hydrogens (tertiary/aromatic N) is 1. The lowest BCUT2D eigenvalue weighted by atomic mass is 9.98. The molecule has 0 aromatic rings. The summed E-state index contributed by atoms with van der Waals surface area (Å²) in [5.41, 5.74) is 0. The summed E-state index contributed by atoms with van der Waals surface area (Å²) in [5.74, 6) is -0.314. The third kappa shape index (κ3) is 7.32. The highest BCUT2D eigenvalue weighted by atomic mass is 16.5. The molecule has 21 heavy (non-hydrogen) atoms. The first-order chi connectivity index (χ1) is 10.0. The minimum atomic E-state index is -0.803. The molecule has 1 unspecified atom stereocenters. The molecule has 2 amide bonds. The van der Waals surface area contributed by atoms with Crippen LogP contribution in [0, 0.1) is 5.92 Å². The van der Waals surface area contributed by atoms with Crippen LogP contribution in [0.25, 0.3) is 0 Å². The largest absolute Gasteiger partial charge is 0.481 e. The number of aliphatic carboxylic acids is 1. The topological polar surface area (TPSA) is 78.9 Å². The second-order valence-corrected chi connectivity index (χ2v) is 5.98. The Bertz CT molecular complexity index is 334. The van der Waals surface area contributed by atoms with E-state index in [1.165, 1.54) is 0 Å². The van der Waals surface area contributed by atoms with Crippen molar-refractivity contribution in [2.45, 2.75) is 52.0 Å². The number of hydrogen-bond acceptors (Lipinski definition) is 3. The number of nitrogens with one attached hydrogen (secondary N) is 1. The van der Waals surface area contributed by atoms with Gasteiger partial charge in [0.05, 0.1) is 6.61 Å². The number of piperidine rings is 1. The Balaban J connectivity index is 2.30. The van der Waals surface area contributed by atoms with Gasteiger partial charge < -0.3 is 20.1 Å². The molecule has 2 N–H and O–H groups in total. The van der Waals surface area contributed by atoms with Crippen LogP contribution in [-0.4, -0.2) is 54.4 Å². The van der Waals surface area contributed by atoms with Crippen molar-refractivity contribution in [3.8, 4) is 0 Å². The molecule has 6 nitrogen and oxygen atoms in total. The molecule has 1 fully saturated rings. The van der Waals surface area contributed by atoms with E-state index in [1.807, 2.05) is 0 Å². The molecular weight excluding hydrogens is 272 g/mol. The van der Waals surface area contributed by atoms with Gasteiger partial charge in [0.2, 0.25) is 0 Å². The summed E-state index contributed by atoms with van der Waals surface area (Å²) in [5, 5.41) is 11.6. The molecule has 0 bridgehead atoms. The van der Waals surface area contributed by atoms with Crippen LogP contribution in [0.4, 0.5) is 4.79 Å². The van der Waals surface area contributed by atoms with E-state index in [0.29, 0.717) is 38.6 Å². The Hall–Kier alpha value is -1.30. The van der Waals surface area contributed by atoms with Crippen molar-refractivity contribution >= 4 is 12.0 Å². The number of urea groups is 1. The lowest BCUT2D eigenvalue weighted by Gasteiger charge is -2.35. The first-order valence-electron chi connectivity index (χ1n) is 7.84. The van der Waals surface area contributed by atoms with E-state index in [-0.39, 0.29) is 18.5 Å². The van der Waals surface area contributed by atoms with E-state index in [9.17, 15) is 9.59 Å². The number of carboxylic acid groups (broad SMARTS) is 1. The zero-order chi connectivity index (χ0) is 15.7. The van der Waals surface area contributed by atoms with Gasteiger partial charge in [0.1, 0.15) is 0 Å². The summed E-state index contributed by atoms with van der Waals surface area (Å²) in [6, 6.07) is -0.0512. The first-order valence-corrected chi connectivity index (χ1v) is 7.84. The average molecular weight is 300 g/mol. The maximum Gasteiger partial charge on any atom is 0.317 e. The normalized spacial score (nSPS) is 18.8. The van der Waals surface area contributed by atoms with E-state index in [0.717, 1.165) is 19.3 Å². The maximum absolute atomic E-state index is 12.2. The fourth-order valence-electron chi connectivity index (χ4n) is 2.51. The summed E-state index contributed by atoms with van der Waals surface area (Å²) in [4.78, 5) is 24.6. The van der Waals surface area contributed by atoms with E-state index in [1.54, 1.807) is 4.90 Å². The fraction of sp³-hybridized carbons (Fsp3) is 0.867. The smallest absolute Gasteiger partial charge is 0.317 e. The molecule has 0 saturated carbocycles. The van der Waals surface area contributed by atoms with E-state index in [2.05, 4.69) is 19.2 Å². The molecule has 0 radical (unpaired) electrons. The van der Waals surface area contributed by atoms with Crippen molar-refractivity contribution < 1.29 is 19.4 Å². The molecule has 0 spiro atoms. The molecular formula is C15H28N2O4. The summed E-state index contributed by atoms with van der Waals surface area (Å²) >= 11 is 0. The second-order valence-electron chi connectivity index (χ2n) is 5.98. The number of hydrogen-bond donors (Lipinski definition) is 2. The lowest BCUT2D eigenvalue weighted by molar-refractivity contribution is -0.137. The number of rotatable bonds is 8. The first kappa shape index (κ1) is 17.8. The van der Waals surface area contributed by atoms with Crippen LogP contribution in [0.1, 0.15) is 46.0 Å². The van der Waals surface area contributed by atoms with Crippen molar-refractivity contribution in [2.75, 3.05) is 26.3 Å². The molecule has 1 atom stereocenters. The molecule has 0 aromatic carbocycles. The van der Waals surface area contributed by atoms with Crippen molar-refractivity contribution in [3.63, 3.8) is 0 Å². The number of ether oxygens (including phenoxy) is 1. The summed E-state index contributed by atoms with van der Waals surface area (Å²) in [6.45, 7) is 6.58. The number of carbonyl (C=O) groups excluding carboxylic acids is 1. The number of likely N-dealkylation sites (tertiary alicyclic amines) is 1. The van der Waals surface area contributed by atoms with Crippen LogP contribution >= 0.6 is 0 Å². The summed E-state index contributed by atoms with van der Waals surface area (Å²) in [7, 11) is 0. The van der Waals surface area contributed by atoms with Gasteiger partial charge >= 0.3 is 12.0 Å². The Labute approximate surface area is 126 Å². The predicted molar refractivity (Wildman–Crippen MR) is 80.3 cm³/mol. The van der Waals surface area contributed by atoms with Crippen molar-refractivity contribution in [1.82, 2.24) is 10.2 Å². The lowest BCUT2D eigenvalue weighted by Crippen LogP contribution is -2.49. The third-order valence-electron chi connectivity index (χ3n) is 3.55. The fourth-order valence-corrected chi connectivity index (χ4v) is 2.51. The van der Waals surface area contributed by atoms with Crippen LogP contribution in [0.15, 0.2) is 0 Å². The van der Waals surface area contributed by atoms with Gasteiger partial charge in [-0.1, -0.05) is 13.8 Å². The highest BCUT2D eigenvalue weighted by Crippen LogP contribution is 2.20. The van der Waals surface area contributed by atoms with E-state index < -0.39 is 5.97 Å². The SMILES string of the molecule is CC(C)COCCNC(=O)N1CCCCC1CCC(=O)O. The summed E-state index contributed by atoms with van der Waals surface area (Å²) < 4.78 is 5.43. The van der Waals surface area contributed by atoms with Crippen LogP contribution in [0.3, 0.4) is 0 Å². The predicted octanol–water partition coefficient (Wildman–Crippen LogP) is 2.09. The van der Waals surface area contributed by atoms with Gasteiger partial charge in [-0.05, 0) is 31.6 Å². The Morgan fingerprint density at radius 2 is 2.14 bits per heavy atom. The van der Waals surface area contributed by atoms with Crippen molar-refractivity contribution in [3.05, 3.63) is 0 Å². The van der Waals surface area contributed by atoms with Crippen LogP contribution < -0.4 is 5.32 Å². The molecule has 0 aromatic heterocycles. The van der Waals surface area contributed by atoms with Crippen LogP contribution in [0.2, 0.25) is 0 Å². The zero-order valence-corrected chi connectivity index (χ0v) is 13.1. The van der Waals surface area contributed by atoms with Crippen LogP contribution in [-0.2, 0) is 9.53 Å². The monoisotopic (exact) mass is 300 g/mol. The van der Waals surface area contributed by atoms with E-state index in [4.69, 9.17) is 9.84 Å². The third-order valence-corrected chi connectivity index (χ3v) is 3.55. The highest BCUT2D eigenvalue weighted by Gasteiger charge is 2.26. The van der Waals surface area contributed by atoms with Crippen molar-refractivity contribution in [2.24, 2.45) is 5.92 Å². The minimum Gasteiger partial charge on any atom is -0.481 e. The molecule has 0 aliphatic carbocycles. The number of amides is 2. The molecule has 1 aliphatic rings. The quantitative estimate of drug-likeness (QED) is 0.673. The van der Waals surface area contributed by atoms with Gasteiger partial charge in [0, 0.05) is 32.2 Å². The molecule has 1 aliphatic heterocycles. The standard InChI is InChI=1S/C15H28N2O4/c1-12(2)11-21-10-8-16-15(20)17-9-4-3-5-13(17)6-7-14(18)19/h12-13H,3-11H2,1-2H3,(H,16,20)(H,18,19). The van der Waals surface area contributed by atoms with Gasteiger partial charge in [-0.25, -0.2) is 4.79 Å². The Kier molecular flexibility index (Phi) is 8.12. The number of carboxylic acids is 1. The van der Waals surface area contributed by atoms with Gasteiger partial charge in [0.25, 0.3) is 0 Å². The summed E-state index contributed by atoms with van der Waals surface area (Å²) in [6.07, 6.45) is 3.59. The Morgan fingerprint density at radius 3 is 2.81 bits per heavy atom. The molecule has 1 saturated heterocycles. The molecule has 122 valence electrons. The van der Waals surface area contributed by atoms with E-state index >= 15 is 0 Å². The minimum absolute atomic E-state index is 0.0476. The highest BCUT2D eigenvalue weighted by molar-refractivity contribution is 5.74. The van der Waals surface area contributed by atoms with Gasteiger partial charge in [0.15, 0.2) is 0 Å².